The first-order valence-electron chi connectivity index (χ1n) is 6.45. The zero-order chi connectivity index (χ0) is 12.4. The lowest BCUT2D eigenvalue weighted by molar-refractivity contribution is -0.127. The van der Waals surface area contributed by atoms with Gasteiger partial charge in [-0.1, -0.05) is 13.8 Å². The summed E-state index contributed by atoms with van der Waals surface area (Å²) in [6.07, 6.45) is -0.953. The smallest absolute Gasteiger partial charge is 0.225 e. The van der Waals surface area contributed by atoms with Crippen LogP contribution in [0.2, 0.25) is 0 Å². The summed E-state index contributed by atoms with van der Waals surface area (Å²) in [6.45, 7) is 6.75. The number of rotatable bonds is 3. The third kappa shape index (κ3) is 2.77. The quantitative estimate of drug-likeness (QED) is 0.649. The second-order valence-corrected chi connectivity index (χ2v) is 5.46. The highest BCUT2D eigenvalue weighted by Gasteiger charge is 2.37. The van der Waals surface area contributed by atoms with Crippen LogP contribution in [0.3, 0.4) is 0 Å². The van der Waals surface area contributed by atoms with Crippen LogP contribution in [0.4, 0.5) is 4.39 Å². The molecule has 0 saturated carbocycles. The first kappa shape index (κ1) is 12.8. The lowest BCUT2D eigenvalue weighted by Gasteiger charge is -2.23. The summed E-state index contributed by atoms with van der Waals surface area (Å²) in [5, 5.41) is 9.04. The Balaban J connectivity index is 1.90. The van der Waals surface area contributed by atoms with Crippen molar-refractivity contribution in [2.24, 2.45) is 17.8 Å². The predicted octanol–water partition coefficient (Wildman–Crippen LogP) is -0.0959. The van der Waals surface area contributed by atoms with E-state index in [-0.39, 0.29) is 17.9 Å². The van der Waals surface area contributed by atoms with Gasteiger partial charge in [0.1, 0.15) is 6.17 Å². The van der Waals surface area contributed by atoms with Crippen LogP contribution in [0, 0.1) is 17.8 Å². The van der Waals surface area contributed by atoms with Crippen molar-refractivity contribution in [1.82, 2.24) is 16.0 Å². The highest BCUT2D eigenvalue weighted by molar-refractivity contribution is 5.80. The Kier molecular flexibility index (Phi) is 3.99. The number of carbonyl (C=O) groups excluding carboxylic acids is 1. The zero-order valence-corrected chi connectivity index (χ0v) is 10.5. The molecule has 0 spiro atoms. The molecule has 0 radical (unpaired) electrons. The minimum absolute atomic E-state index is 0.00468. The van der Waals surface area contributed by atoms with E-state index in [4.69, 9.17) is 0 Å². The molecule has 2 heterocycles. The fraction of sp³-hybridized carbons (Fsp3) is 0.917. The van der Waals surface area contributed by atoms with Crippen LogP contribution in [0.15, 0.2) is 0 Å². The SMILES string of the molecule is CC(C)C1CNCC1C(=O)N[C@H]1CNC[C@H]1F. The minimum Gasteiger partial charge on any atom is -0.349 e. The van der Waals surface area contributed by atoms with Crippen molar-refractivity contribution in [3.63, 3.8) is 0 Å². The summed E-state index contributed by atoms with van der Waals surface area (Å²) in [7, 11) is 0. The van der Waals surface area contributed by atoms with Crippen LogP contribution in [0.5, 0.6) is 0 Å². The minimum atomic E-state index is -0.953. The molecule has 2 saturated heterocycles. The first-order valence-corrected chi connectivity index (χ1v) is 6.45. The topological polar surface area (TPSA) is 53.2 Å². The number of halogens is 1. The van der Waals surface area contributed by atoms with Gasteiger partial charge in [-0.3, -0.25) is 4.79 Å². The van der Waals surface area contributed by atoms with E-state index >= 15 is 0 Å². The van der Waals surface area contributed by atoms with Crippen molar-refractivity contribution < 1.29 is 9.18 Å². The van der Waals surface area contributed by atoms with Gasteiger partial charge >= 0.3 is 0 Å². The Labute approximate surface area is 102 Å². The molecular formula is C12H22FN3O. The molecule has 2 unspecified atom stereocenters. The van der Waals surface area contributed by atoms with Crippen molar-refractivity contribution in [3.8, 4) is 0 Å². The van der Waals surface area contributed by atoms with Crippen LogP contribution in [-0.4, -0.2) is 44.3 Å². The van der Waals surface area contributed by atoms with E-state index < -0.39 is 6.17 Å². The fourth-order valence-electron chi connectivity index (χ4n) is 2.76. The molecule has 1 amide bonds. The largest absolute Gasteiger partial charge is 0.349 e. The van der Waals surface area contributed by atoms with Gasteiger partial charge in [0.15, 0.2) is 0 Å². The van der Waals surface area contributed by atoms with E-state index in [0.29, 0.717) is 31.5 Å². The number of hydrogen-bond donors (Lipinski definition) is 3. The van der Waals surface area contributed by atoms with Crippen molar-refractivity contribution in [1.29, 1.82) is 0 Å². The molecule has 2 fully saturated rings. The van der Waals surface area contributed by atoms with Crippen LogP contribution in [-0.2, 0) is 4.79 Å². The van der Waals surface area contributed by atoms with Gasteiger partial charge in [0.2, 0.25) is 5.91 Å². The van der Waals surface area contributed by atoms with Crippen molar-refractivity contribution in [2.75, 3.05) is 26.2 Å². The molecule has 4 nitrogen and oxygen atoms in total. The Morgan fingerprint density at radius 1 is 1.24 bits per heavy atom. The zero-order valence-electron chi connectivity index (χ0n) is 10.5. The van der Waals surface area contributed by atoms with E-state index in [9.17, 15) is 9.18 Å². The summed E-state index contributed by atoms with van der Waals surface area (Å²) in [5.41, 5.74) is 0. The standard InChI is InChI=1S/C12H22FN3O/c1-7(2)8-3-14-4-9(8)12(17)16-11-6-15-5-10(11)13/h7-11,14-15H,3-6H2,1-2H3,(H,16,17)/t8?,9?,10-,11+/m1/s1. The Morgan fingerprint density at radius 2 is 1.94 bits per heavy atom. The second-order valence-electron chi connectivity index (χ2n) is 5.46. The molecule has 2 aliphatic rings. The Hall–Kier alpha value is -0.680. The second kappa shape index (κ2) is 5.31. The van der Waals surface area contributed by atoms with Gasteiger partial charge in [-0.25, -0.2) is 4.39 Å². The van der Waals surface area contributed by atoms with Crippen LogP contribution in [0.25, 0.3) is 0 Å². The maximum Gasteiger partial charge on any atom is 0.225 e. The van der Waals surface area contributed by atoms with Crippen LogP contribution >= 0.6 is 0 Å². The Bertz CT molecular complexity index is 285. The van der Waals surface area contributed by atoms with Gasteiger partial charge in [-0.15, -0.1) is 0 Å². The molecule has 0 aliphatic carbocycles. The van der Waals surface area contributed by atoms with Crippen LogP contribution < -0.4 is 16.0 Å². The molecule has 2 aliphatic heterocycles. The summed E-state index contributed by atoms with van der Waals surface area (Å²) in [6, 6.07) is -0.351. The number of alkyl halides is 1. The lowest BCUT2D eigenvalue weighted by atomic mass is 9.85. The fourth-order valence-corrected chi connectivity index (χ4v) is 2.76. The molecule has 98 valence electrons. The van der Waals surface area contributed by atoms with Gasteiger partial charge in [-0.05, 0) is 18.4 Å². The maximum atomic E-state index is 13.4. The van der Waals surface area contributed by atoms with Gasteiger partial charge in [0, 0.05) is 19.6 Å². The van der Waals surface area contributed by atoms with Crippen LogP contribution in [0.1, 0.15) is 13.8 Å². The monoisotopic (exact) mass is 243 g/mol. The molecule has 0 aromatic heterocycles. The number of hydrogen-bond acceptors (Lipinski definition) is 3. The normalized spacial score (nSPS) is 37.6. The average molecular weight is 243 g/mol. The number of carbonyl (C=O) groups is 1. The molecule has 0 aromatic carbocycles. The number of amides is 1. The van der Waals surface area contributed by atoms with Crippen molar-refractivity contribution >= 4 is 5.91 Å². The van der Waals surface area contributed by atoms with Gasteiger partial charge < -0.3 is 16.0 Å². The number of nitrogens with one attached hydrogen (secondary N) is 3. The molecule has 0 aromatic rings. The summed E-state index contributed by atoms with van der Waals surface area (Å²) in [4.78, 5) is 12.1. The average Bonchev–Trinajstić information content (AvgIpc) is 2.87. The highest BCUT2D eigenvalue weighted by atomic mass is 19.1. The van der Waals surface area contributed by atoms with E-state index in [2.05, 4.69) is 29.8 Å². The van der Waals surface area contributed by atoms with Crippen molar-refractivity contribution in [3.05, 3.63) is 0 Å². The molecule has 17 heavy (non-hydrogen) atoms. The van der Waals surface area contributed by atoms with E-state index in [1.165, 1.54) is 0 Å². The van der Waals surface area contributed by atoms with E-state index in [0.717, 1.165) is 6.54 Å². The molecule has 2 rings (SSSR count). The van der Waals surface area contributed by atoms with Gasteiger partial charge in [0.05, 0.1) is 12.0 Å². The summed E-state index contributed by atoms with van der Waals surface area (Å²) in [5.74, 6) is 0.832. The Morgan fingerprint density at radius 3 is 2.53 bits per heavy atom. The van der Waals surface area contributed by atoms with E-state index in [1.807, 2.05) is 0 Å². The molecule has 3 N–H and O–H groups in total. The summed E-state index contributed by atoms with van der Waals surface area (Å²) < 4.78 is 13.4. The molecule has 4 atom stereocenters. The van der Waals surface area contributed by atoms with E-state index in [1.54, 1.807) is 0 Å². The van der Waals surface area contributed by atoms with Gasteiger partial charge in [0.25, 0.3) is 0 Å². The maximum absolute atomic E-state index is 13.4. The summed E-state index contributed by atoms with van der Waals surface area (Å²) >= 11 is 0. The van der Waals surface area contributed by atoms with Gasteiger partial charge in [-0.2, -0.15) is 0 Å². The molecule has 5 heteroatoms. The van der Waals surface area contributed by atoms with Crippen molar-refractivity contribution in [2.45, 2.75) is 26.1 Å². The predicted molar refractivity (Wildman–Crippen MR) is 64.4 cm³/mol. The molecular weight excluding hydrogens is 221 g/mol. The first-order chi connectivity index (χ1) is 8.09. The molecule has 0 bridgehead atoms. The third-order valence-corrected chi connectivity index (χ3v) is 3.92. The highest BCUT2D eigenvalue weighted by Crippen LogP contribution is 2.25. The third-order valence-electron chi connectivity index (χ3n) is 3.92. The lowest BCUT2D eigenvalue weighted by Crippen LogP contribution is -2.46.